The van der Waals surface area contributed by atoms with Crippen LogP contribution in [0.25, 0.3) is 0 Å². The lowest BCUT2D eigenvalue weighted by Crippen LogP contribution is -2.03. The van der Waals surface area contributed by atoms with E-state index in [1.54, 1.807) is 26.0 Å². The van der Waals surface area contributed by atoms with Crippen LogP contribution in [0.1, 0.15) is 95.1 Å². The van der Waals surface area contributed by atoms with Gasteiger partial charge in [0.15, 0.2) is 0 Å². The normalized spacial score (nSPS) is 11.2. The summed E-state index contributed by atoms with van der Waals surface area (Å²) in [6.07, 6.45) is 16.2. The van der Waals surface area contributed by atoms with Crippen LogP contribution in [0.3, 0.4) is 0 Å². The molecular formula is C28H44O5S. The van der Waals surface area contributed by atoms with E-state index in [1.165, 1.54) is 94.9 Å². The molecule has 0 bridgehead atoms. The second-order valence-electron chi connectivity index (χ2n) is 9.06. The Morgan fingerprint density at radius 3 is 1.32 bits per heavy atom. The molecule has 0 aliphatic heterocycles. The summed E-state index contributed by atoms with van der Waals surface area (Å²) < 4.78 is 24.9. The molecule has 0 aliphatic rings. The van der Waals surface area contributed by atoms with Gasteiger partial charge in [-0.15, -0.1) is 0 Å². The maximum absolute atomic E-state index is 12.5. The van der Waals surface area contributed by atoms with Crippen molar-refractivity contribution in [3.05, 3.63) is 47.5 Å². The van der Waals surface area contributed by atoms with Crippen molar-refractivity contribution < 1.29 is 23.7 Å². The molecule has 34 heavy (non-hydrogen) atoms. The molecule has 0 spiro atoms. The van der Waals surface area contributed by atoms with Crippen molar-refractivity contribution in [2.45, 2.75) is 108 Å². The van der Waals surface area contributed by atoms with Gasteiger partial charge in [0.2, 0.25) is 9.84 Å². The van der Waals surface area contributed by atoms with Crippen molar-refractivity contribution in [3.8, 4) is 11.5 Å². The summed E-state index contributed by atoms with van der Waals surface area (Å²) in [6, 6.07) is 8.65. The molecule has 2 aromatic rings. The number of benzene rings is 2. The van der Waals surface area contributed by atoms with Crippen LogP contribution in [0, 0.1) is 13.8 Å². The molecule has 0 saturated carbocycles. The van der Waals surface area contributed by atoms with E-state index < -0.39 is 9.84 Å². The minimum Gasteiger partial charge on any atom is -0.507 e. The van der Waals surface area contributed by atoms with E-state index in [0.717, 1.165) is 6.42 Å². The number of aliphatic hydroxyl groups excluding tert-OH is 1. The zero-order valence-corrected chi connectivity index (χ0v) is 22.0. The quantitative estimate of drug-likeness (QED) is 0.242. The minimum absolute atomic E-state index is 0.201. The monoisotopic (exact) mass is 492 g/mol. The third-order valence-electron chi connectivity index (χ3n) is 5.82. The summed E-state index contributed by atoms with van der Waals surface area (Å²) in [6.45, 7) is 6.10. The van der Waals surface area contributed by atoms with Crippen molar-refractivity contribution in [2.24, 2.45) is 0 Å². The van der Waals surface area contributed by atoms with E-state index in [4.69, 9.17) is 5.11 Å². The van der Waals surface area contributed by atoms with Crippen LogP contribution in [-0.2, 0) is 9.84 Å². The number of phenolic OH excluding ortho intramolecular Hbond substituents is 2. The molecule has 0 radical (unpaired) electrons. The van der Waals surface area contributed by atoms with E-state index in [1.807, 2.05) is 0 Å². The number of aliphatic hydroxyl groups is 1. The highest BCUT2D eigenvalue weighted by molar-refractivity contribution is 7.91. The van der Waals surface area contributed by atoms with E-state index in [-0.39, 0.29) is 21.3 Å². The van der Waals surface area contributed by atoms with Crippen LogP contribution in [0.15, 0.2) is 46.2 Å². The maximum atomic E-state index is 12.5. The van der Waals surface area contributed by atoms with Gasteiger partial charge >= 0.3 is 0 Å². The first-order chi connectivity index (χ1) is 16.2. The molecule has 2 aromatic carbocycles. The topological polar surface area (TPSA) is 94.8 Å². The molecule has 5 nitrogen and oxygen atoms in total. The van der Waals surface area contributed by atoms with Gasteiger partial charge in [-0.05, 0) is 55.7 Å². The predicted octanol–water partition coefficient (Wildman–Crippen LogP) is 7.23. The zero-order valence-electron chi connectivity index (χ0n) is 21.2. The molecule has 0 saturated heterocycles. The number of unbranched alkanes of at least 4 members (excludes halogenated alkanes) is 11. The van der Waals surface area contributed by atoms with Crippen molar-refractivity contribution in [1.29, 1.82) is 0 Å². The van der Waals surface area contributed by atoms with Crippen LogP contribution in [0.2, 0.25) is 0 Å². The summed E-state index contributed by atoms with van der Waals surface area (Å²) in [7, 11) is -3.95. The molecule has 6 heteroatoms. The van der Waals surface area contributed by atoms with Gasteiger partial charge in [-0.3, -0.25) is 0 Å². The number of hydrogen-bond acceptors (Lipinski definition) is 5. The highest BCUT2D eigenvalue weighted by Gasteiger charge is 2.24. The number of sulfone groups is 1. The lowest BCUT2D eigenvalue weighted by Gasteiger charge is -2.10. The Morgan fingerprint density at radius 2 is 0.971 bits per heavy atom. The Hall–Kier alpha value is -2.05. The fraction of sp³-hybridized carbons (Fsp3) is 0.571. The molecule has 0 aromatic heterocycles. The average Bonchev–Trinajstić information content (AvgIpc) is 2.81. The van der Waals surface area contributed by atoms with Gasteiger partial charge in [0, 0.05) is 6.61 Å². The number of aromatic hydroxyl groups is 2. The third kappa shape index (κ3) is 10.9. The molecule has 2 rings (SSSR count). The minimum atomic E-state index is -3.95. The van der Waals surface area contributed by atoms with E-state index in [0.29, 0.717) is 17.7 Å². The van der Waals surface area contributed by atoms with Crippen molar-refractivity contribution in [1.82, 2.24) is 0 Å². The van der Waals surface area contributed by atoms with Crippen LogP contribution < -0.4 is 0 Å². The molecule has 0 unspecified atom stereocenters. The first-order valence-corrected chi connectivity index (χ1v) is 14.2. The first-order valence-electron chi connectivity index (χ1n) is 12.7. The Labute approximate surface area is 206 Å². The molecule has 3 N–H and O–H groups in total. The van der Waals surface area contributed by atoms with Crippen LogP contribution >= 0.6 is 0 Å². The molecule has 192 valence electrons. The molecule has 0 aliphatic carbocycles. The largest absolute Gasteiger partial charge is 0.507 e. The number of rotatable bonds is 14. The second-order valence-corrected chi connectivity index (χ2v) is 10.9. The fourth-order valence-electron chi connectivity index (χ4n) is 3.74. The van der Waals surface area contributed by atoms with Crippen molar-refractivity contribution in [2.75, 3.05) is 6.61 Å². The fourth-order valence-corrected chi connectivity index (χ4v) is 5.35. The van der Waals surface area contributed by atoms with Crippen molar-refractivity contribution in [3.63, 3.8) is 0 Å². The first kappa shape index (κ1) is 30.0. The molecule has 0 heterocycles. The van der Waals surface area contributed by atoms with Gasteiger partial charge in [0.25, 0.3) is 0 Å². The van der Waals surface area contributed by atoms with Gasteiger partial charge in [-0.1, -0.05) is 89.7 Å². The summed E-state index contributed by atoms with van der Waals surface area (Å²) in [5.74, 6) is -0.655. The third-order valence-corrected chi connectivity index (χ3v) is 7.63. The highest BCUT2D eigenvalue weighted by atomic mass is 32.2. The smallest absolute Gasteiger partial charge is 0.213 e. The Kier molecular flexibility index (Phi) is 14.6. The molecule has 0 atom stereocenters. The zero-order chi connectivity index (χ0) is 25.4. The van der Waals surface area contributed by atoms with Crippen LogP contribution in [0.4, 0.5) is 0 Å². The summed E-state index contributed by atoms with van der Waals surface area (Å²) >= 11 is 0. The number of phenols is 2. The Morgan fingerprint density at radius 1 is 0.618 bits per heavy atom. The Bertz CT molecular complexity index is 868. The van der Waals surface area contributed by atoms with Crippen molar-refractivity contribution >= 4 is 9.84 Å². The predicted molar refractivity (Wildman–Crippen MR) is 139 cm³/mol. The molecular weight excluding hydrogens is 448 g/mol. The lowest BCUT2D eigenvalue weighted by atomic mass is 10.1. The van der Waals surface area contributed by atoms with Crippen LogP contribution in [-0.4, -0.2) is 30.3 Å². The van der Waals surface area contributed by atoms with Gasteiger partial charge < -0.3 is 15.3 Å². The van der Waals surface area contributed by atoms with E-state index in [9.17, 15) is 18.6 Å². The molecule has 0 amide bonds. The highest BCUT2D eigenvalue weighted by Crippen LogP contribution is 2.34. The summed E-state index contributed by atoms with van der Waals surface area (Å²) in [4.78, 5) is -0.401. The SMILES string of the molecule is CCCCCCCCCCCCCCO.Cc1ccc(O)c(S(=O)(=O)c2cc(C)ccc2O)c1. The Balaban J connectivity index is 0.000000352. The van der Waals surface area contributed by atoms with E-state index >= 15 is 0 Å². The summed E-state index contributed by atoms with van der Waals surface area (Å²) in [5.41, 5.74) is 1.42. The second kappa shape index (κ2) is 16.6. The van der Waals surface area contributed by atoms with Crippen LogP contribution in [0.5, 0.6) is 11.5 Å². The van der Waals surface area contributed by atoms with Gasteiger partial charge in [-0.25, -0.2) is 8.42 Å². The average molecular weight is 493 g/mol. The number of aryl methyl sites for hydroxylation is 2. The lowest BCUT2D eigenvalue weighted by molar-refractivity contribution is 0.282. The van der Waals surface area contributed by atoms with E-state index in [2.05, 4.69) is 6.92 Å². The molecule has 0 fully saturated rings. The van der Waals surface area contributed by atoms with Gasteiger partial charge in [0.1, 0.15) is 21.3 Å². The van der Waals surface area contributed by atoms with Gasteiger partial charge in [0.05, 0.1) is 0 Å². The van der Waals surface area contributed by atoms with Gasteiger partial charge in [-0.2, -0.15) is 0 Å². The standard InChI is InChI=1S/C14H14O4S.C14H30O/c1-9-3-5-11(15)13(7-9)19(17,18)14-8-10(2)4-6-12(14)16;1-2-3-4-5-6-7-8-9-10-11-12-13-14-15/h3-8,15-16H,1-2H3;15H,2-14H2,1H3. The number of hydrogen-bond donors (Lipinski definition) is 3. The summed E-state index contributed by atoms with van der Waals surface area (Å²) in [5, 5.41) is 28.1. The maximum Gasteiger partial charge on any atom is 0.213 e.